The highest BCUT2D eigenvalue weighted by Gasteiger charge is 2.48. The van der Waals surface area contributed by atoms with Gasteiger partial charge in [0.25, 0.3) is 5.56 Å². The number of nitrogens with zero attached hydrogens (tertiary/aromatic N) is 5. The Bertz CT molecular complexity index is 1530. The molecule has 0 spiro atoms. The summed E-state index contributed by atoms with van der Waals surface area (Å²) in [5, 5.41) is 19.2. The lowest BCUT2D eigenvalue weighted by molar-refractivity contribution is -0.0564. The van der Waals surface area contributed by atoms with Crippen LogP contribution in [0.5, 0.6) is 0 Å². The van der Waals surface area contributed by atoms with E-state index in [0.717, 1.165) is 4.57 Å². The Labute approximate surface area is 223 Å². The van der Waals surface area contributed by atoms with Gasteiger partial charge in [-0.15, -0.1) is 0 Å². The number of ether oxygens (including phenoxy) is 2. The summed E-state index contributed by atoms with van der Waals surface area (Å²) in [7, 11) is -4.83. The van der Waals surface area contributed by atoms with Crippen molar-refractivity contribution < 1.29 is 38.2 Å². The monoisotopic (exact) mass is 588 g/mol. The third-order valence-electron chi connectivity index (χ3n) is 6.24. The lowest BCUT2D eigenvalue weighted by Crippen LogP contribution is -2.35. The standard InChI is InChI=1S/C19H25N8O10PS/c20-10-1-2-26(19(31)23-10)17-14(39)13(8(4-28)36-17)37-38(32,33)34-5-9-7(29)3-11(35-9)27-6-22-12-15(27)24-18(21)25-16(12)30/h1-2,6-9,11,13-14,17,28-29,39H,3-5H2,(H,32,33)(H2,20,23,31)(H3,21,24,25,30)/t7-,8+,9+,11+,13+,14+,17+/m0/s1. The van der Waals surface area contributed by atoms with E-state index < -0.39 is 74.4 Å². The van der Waals surface area contributed by atoms with E-state index in [9.17, 15) is 29.3 Å². The molecular formula is C19H25N8O10PS. The number of nitrogens with one attached hydrogen (secondary N) is 1. The topological polar surface area (TPSA) is 265 Å². The van der Waals surface area contributed by atoms with Gasteiger partial charge in [0.15, 0.2) is 17.4 Å². The van der Waals surface area contributed by atoms with Crippen molar-refractivity contribution in [3.05, 3.63) is 39.4 Å². The maximum Gasteiger partial charge on any atom is 0.472 e. The molecule has 1 unspecified atom stereocenters. The van der Waals surface area contributed by atoms with Gasteiger partial charge in [-0.2, -0.15) is 22.6 Å². The van der Waals surface area contributed by atoms with E-state index >= 15 is 0 Å². The fourth-order valence-electron chi connectivity index (χ4n) is 4.39. The Morgan fingerprint density at radius 2 is 2.00 bits per heavy atom. The lowest BCUT2D eigenvalue weighted by atomic mass is 10.2. The van der Waals surface area contributed by atoms with E-state index in [1.807, 2.05) is 0 Å². The minimum atomic E-state index is -4.83. The second-order valence-corrected chi connectivity index (χ2v) is 10.8. The summed E-state index contributed by atoms with van der Waals surface area (Å²) in [6.07, 6.45) is -3.91. The Hall–Kier alpha value is -2.87. The molecule has 20 heteroatoms. The summed E-state index contributed by atoms with van der Waals surface area (Å²) in [6, 6.07) is 1.35. The van der Waals surface area contributed by atoms with Crippen molar-refractivity contribution in [3.63, 3.8) is 0 Å². The molecule has 2 aliphatic rings. The van der Waals surface area contributed by atoms with Gasteiger partial charge >= 0.3 is 13.5 Å². The number of aliphatic hydroxyl groups excluding tert-OH is 2. The maximum atomic E-state index is 12.8. The molecule has 2 saturated heterocycles. The van der Waals surface area contributed by atoms with Crippen LogP contribution in [0.4, 0.5) is 11.8 Å². The van der Waals surface area contributed by atoms with Crippen molar-refractivity contribution in [3.8, 4) is 0 Å². The highest BCUT2D eigenvalue weighted by Crippen LogP contribution is 2.50. The number of nitrogen functional groups attached to an aromatic ring is 2. The first kappa shape index (κ1) is 27.7. The summed E-state index contributed by atoms with van der Waals surface area (Å²) < 4.78 is 37.0. The van der Waals surface area contributed by atoms with Crippen LogP contribution < -0.4 is 22.7 Å². The second kappa shape index (κ2) is 10.6. The summed E-state index contributed by atoms with van der Waals surface area (Å²) >= 11 is 4.37. The van der Waals surface area contributed by atoms with E-state index in [1.165, 1.54) is 23.2 Å². The molecule has 8 atom stereocenters. The number of rotatable bonds is 8. The summed E-state index contributed by atoms with van der Waals surface area (Å²) in [4.78, 5) is 48.6. The maximum absolute atomic E-state index is 12.8. The van der Waals surface area contributed by atoms with E-state index in [-0.39, 0.29) is 29.4 Å². The lowest BCUT2D eigenvalue weighted by Gasteiger charge is -2.24. The van der Waals surface area contributed by atoms with Gasteiger partial charge in [-0.05, 0) is 6.07 Å². The number of anilines is 2. The number of nitrogens with two attached hydrogens (primary N) is 2. The molecule has 0 aliphatic carbocycles. The number of imidazole rings is 1. The second-order valence-electron chi connectivity index (χ2n) is 8.82. The van der Waals surface area contributed by atoms with Gasteiger partial charge in [0.1, 0.15) is 30.4 Å². The third-order valence-corrected chi connectivity index (χ3v) is 7.77. The number of hydrogen-bond acceptors (Lipinski definition) is 15. The molecule has 5 rings (SSSR count). The van der Waals surface area contributed by atoms with Gasteiger partial charge < -0.3 is 36.0 Å². The first-order valence-corrected chi connectivity index (χ1v) is 13.5. The quantitative estimate of drug-likeness (QED) is 0.110. The summed E-state index contributed by atoms with van der Waals surface area (Å²) in [5.74, 6) is -0.149. The normalized spacial score (nSPS) is 30.6. The number of phosphoric acid groups is 1. The molecule has 39 heavy (non-hydrogen) atoms. The zero-order chi connectivity index (χ0) is 28.1. The largest absolute Gasteiger partial charge is 0.472 e. The fraction of sp³-hybridized carbons (Fsp3) is 0.526. The number of aromatic nitrogens is 6. The van der Waals surface area contributed by atoms with Crippen LogP contribution in [0.3, 0.4) is 0 Å². The molecule has 212 valence electrons. The van der Waals surface area contributed by atoms with Crippen molar-refractivity contribution >= 4 is 43.4 Å². The fourth-order valence-corrected chi connectivity index (χ4v) is 5.92. The first-order chi connectivity index (χ1) is 18.5. The number of fused-ring (bicyclic) bond motifs is 1. The molecule has 0 aromatic carbocycles. The molecule has 8 N–H and O–H groups in total. The number of H-pyrrole nitrogens is 1. The number of phosphoric ester groups is 1. The van der Waals surface area contributed by atoms with Crippen LogP contribution in [0, 0.1) is 0 Å². The summed E-state index contributed by atoms with van der Waals surface area (Å²) in [6.45, 7) is -1.19. The molecular weight excluding hydrogens is 563 g/mol. The molecule has 18 nitrogen and oxygen atoms in total. The van der Waals surface area contributed by atoms with E-state index in [0.29, 0.717) is 0 Å². The molecule has 2 aliphatic heterocycles. The van der Waals surface area contributed by atoms with Gasteiger partial charge in [-0.25, -0.2) is 14.3 Å². The van der Waals surface area contributed by atoms with Gasteiger partial charge in [0.2, 0.25) is 5.95 Å². The van der Waals surface area contributed by atoms with E-state index in [4.69, 9.17) is 30.0 Å². The molecule has 3 aromatic rings. The average Bonchev–Trinajstić information content (AvgIpc) is 3.54. The van der Waals surface area contributed by atoms with Crippen molar-refractivity contribution in [2.75, 3.05) is 24.7 Å². The average molecular weight is 588 g/mol. The van der Waals surface area contributed by atoms with Crippen LogP contribution in [-0.4, -0.2) is 87.1 Å². The minimum Gasteiger partial charge on any atom is -0.394 e. The highest BCUT2D eigenvalue weighted by atomic mass is 32.1. The number of hydrogen-bond donors (Lipinski definition) is 7. The minimum absolute atomic E-state index is 0.0152. The zero-order valence-electron chi connectivity index (χ0n) is 19.9. The number of thiol groups is 1. The Morgan fingerprint density at radius 3 is 2.72 bits per heavy atom. The molecule has 0 amide bonds. The number of aliphatic hydroxyl groups is 2. The van der Waals surface area contributed by atoms with E-state index in [1.54, 1.807) is 0 Å². The third kappa shape index (κ3) is 5.45. The van der Waals surface area contributed by atoms with Gasteiger partial charge in [-0.1, -0.05) is 0 Å². The van der Waals surface area contributed by atoms with Crippen molar-refractivity contribution in [1.29, 1.82) is 0 Å². The molecule has 5 heterocycles. The van der Waals surface area contributed by atoms with Crippen LogP contribution in [-0.2, 0) is 23.1 Å². The van der Waals surface area contributed by atoms with Crippen LogP contribution >= 0.6 is 20.5 Å². The summed E-state index contributed by atoms with van der Waals surface area (Å²) in [5.41, 5.74) is 9.96. The van der Waals surface area contributed by atoms with E-state index in [2.05, 4.69) is 32.6 Å². The molecule has 3 aromatic heterocycles. The van der Waals surface area contributed by atoms with Crippen LogP contribution in [0.2, 0.25) is 0 Å². The Balaban J connectivity index is 1.24. The van der Waals surface area contributed by atoms with Crippen LogP contribution in [0.1, 0.15) is 18.9 Å². The molecule has 2 fully saturated rings. The predicted octanol–water partition coefficient (Wildman–Crippen LogP) is -2.12. The Kier molecular flexibility index (Phi) is 7.53. The SMILES string of the molecule is Nc1ccn([C@@H]2O[C@H](CO)[C@@H](OP(=O)(O)OC[C@H]3O[C@@H](n4cnc5c(=O)[nH]c(N)nc54)C[C@@H]3O)[C@H]2S)c(=O)n1. The van der Waals surface area contributed by atoms with Crippen molar-refractivity contribution in [1.82, 2.24) is 29.1 Å². The van der Waals surface area contributed by atoms with Crippen molar-refractivity contribution in [2.24, 2.45) is 0 Å². The number of aromatic amines is 1. The Morgan fingerprint density at radius 1 is 1.23 bits per heavy atom. The first-order valence-electron chi connectivity index (χ1n) is 11.5. The smallest absolute Gasteiger partial charge is 0.394 e. The van der Waals surface area contributed by atoms with Gasteiger partial charge in [0.05, 0.1) is 30.9 Å². The van der Waals surface area contributed by atoms with Crippen LogP contribution in [0.15, 0.2) is 28.2 Å². The highest BCUT2D eigenvalue weighted by molar-refractivity contribution is 7.81. The van der Waals surface area contributed by atoms with Gasteiger partial charge in [0, 0.05) is 12.6 Å². The van der Waals surface area contributed by atoms with Crippen molar-refractivity contribution in [2.45, 2.75) is 48.5 Å². The molecule has 0 radical (unpaired) electrons. The van der Waals surface area contributed by atoms with Gasteiger partial charge in [-0.3, -0.25) is 28.0 Å². The predicted molar refractivity (Wildman–Crippen MR) is 134 cm³/mol. The molecule has 0 saturated carbocycles. The zero-order valence-corrected chi connectivity index (χ0v) is 21.7. The molecule has 0 bridgehead atoms. The van der Waals surface area contributed by atoms with Crippen LogP contribution in [0.25, 0.3) is 11.2 Å².